The maximum absolute atomic E-state index is 5.54. The van der Waals surface area contributed by atoms with Crippen LogP contribution in [0.5, 0.6) is 0 Å². The predicted molar refractivity (Wildman–Crippen MR) is 159 cm³/mol. The summed E-state index contributed by atoms with van der Waals surface area (Å²) in [6, 6.07) is 12.1. The van der Waals surface area contributed by atoms with E-state index in [-0.39, 0.29) is 0 Å². The number of rotatable bonds is 3. The fourth-order valence-electron chi connectivity index (χ4n) is 7.96. The first kappa shape index (κ1) is 23.0. The van der Waals surface area contributed by atoms with E-state index in [2.05, 4.69) is 95.2 Å². The molecule has 4 aliphatic carbocycles. The fourth-order valence-corrected chi connectivity index (χ4v) is 9.50. The summed E-state index contributed by atoms with van der Waals surface area (Å²) < 4.78 is 0. The van der Waals surface area contributed by atoms with Gasteiger partial charge in [-0.15, -0.1) is 11.3 Å². The van der Waals surface area contributed by atoms with Crippen molar-refractivity contribution in [1.29, 1.82) is 0 Å². The lowest BCUT2D eigenvalue weighted by Gasteiger charge is -2.37. The summed E-state index contributed by atoms with van der Waals surface area (Å²) in [5.41, 5.74) is 7.25. The minimum absolute atomic E-state index is 0.363. The molecule has 1 fully saturated rings. The predicted octanol–water partition coefficient (Wildman–Crippen LogP) is 8.71. The highest BCUT2D eigenvalue weighted by Gasteiger charge is 2.51. The van der Waals surface area contributed by atoms with Crippen molar-refractivity contribution in [3.63, 3.8) is 0 Å². The van der Waals surface area contributed by atoms with Crippen molar-refractivity contribution in [1.82, 2.24) is 4.90 Å². The Morgan fingerprint density at radius 1 is 0.895 bits per heavy atom. The highest BCUT2D eigenvalue weighted by Crippen LogP contribution is 2.57. The fraction of sp³-hybridized carbons (Fsp3) is 0.400. The molecule has 5 unspecified atom stereocenters. The number of aliphatic imine (C=N–C) groups is 1. The normalized spacial score (nSPS) is 31.1. The van der Waals surface area contributed by atoms with Crippen LogP contribution in [0.2, 0.25) is 0 Å². The van der Waals surface area contributed by atoms with E-state index >= 15 is 0 Å². The van der Waals surface area contributed by atoms with Crippen LogP contribution in [0.15, 0.2) is 89.3 Å². The average molecular weight is 517 g/mol. The number of allylic oxidation sites excluding steroid dienone is 6. The molecule has 6 aliphatic rings. The lowest BCUT2D eigenvalue weighted by molar-refractivity contribution is 0.224. The molecule has 2 aromatic rings. The first-order chi connectivity index (χ1) is 18.8. The van der Waals surface area contributed by atoms with Gasteiger partial charge in [0.05, 0.1) is 11.8 Å². The van der Waals surface area contributed by atoms with Gasteiger partial charge in [-0.1, -0.05) is 72.9 Å². The van der Waals surface area contributed by atoms with Gasteiger partial charge >= 0.3 is 0 Å². The first-order valence-corrected chi connectivity index (χ1v) is 15.7. The van der Waals surface area contributed by atoms with Crippen molar-refractivity contribution >= 4 is 23.1 Å². The van der Waals surface area contributed by atoms with Gasteiger partial charge in [0.1, 0.15) is 5.82 Å². The molecular formula is C35H36N2S. The van der Waals surface area contributed by atoms with Crippen LogP contribution in [0.4, 0.5) is 0 Å². The Bertz CT molecular complexity index is 1430. The van der Waals surface area contributed by atoms with E-state index in [4.69, 9.17) is 4.99 Å². The zero-order valence-electron chi connectivity index (χ0n) is 22.1. The Balaban J connectivity index is 1.28. The monoisotopic (exact) mass is 516 g/mol. The number of thiophene rings is 1. The maximum atomic E-state index is 5.54. The van der Waals surface area contributed by atoms with E-state index in [1.807, 2.05) is 0 Å². The number of likely N-dealkylation sites (tertiary alicyclic amines) is 1. The van der Waals surface area contributed by atoms with E-state index < -0.39 is 0 Å². The van der Waals surface area contributed by atoms with Gasteiger partial charge < -0.3 is 4.90 Å². The summed E-state index contributed by atoms with van der Waals surface area (Å²) in [6.07, 6.45) is 30.5. The van der Waals surface area contributed by atoms with Gasteiger partial charge in [0, 0.05) is 40.0 Å². The van der Waals surface area contributed by atoms with Crippen molar-refractivity contribution in [2.75, 3.05) is 0 Å². The third kappa shape index (κ3) is 3.69. The number of nitrogens with zero attached hydrogens (tertiary/aromatic N) is 2. The zero-order chi connectivity index (χ0) is 25.1. The number of hydrogen-bond donors (Lipinski definition) is 0. The number of aryl methyl sites for hydroxylation is 1. The van der Waals surface area contributed by atoms with E-state index in [0.717, 1.165) is 19.3 Å². The highest BCUT2D eigenvalue weighted by molar-refractivity contribution is 7.12. The maximum Gasteiger partial charge on any atom is 0.126 e. The molecule has 3 heteroatoms. The summed E-state index contributed by atoms with van der Waals surface area (Å²) in [6.45, 7) is 0. The third-order valence-corrected chi connectivity index (χ3v) is 11.1. The largest absolute Gasteiger partial charge is 0.345 e. The molecule has 0 saturated carbocycles. The van der Waals surface area contributed by atoms with Gasteiger partial charge in [0.25, 0.3) is 0 Å². The van der Waals surface area contributed by atoms with Gasteiger partial charge in [-0.3, -0.25) is 0 Å². The van der Waals surface area contributed by atoms with Gasteiger partial charge in [0.2, 0.25) is 0 Å². The van der Waals surface area contributed by atoms with E-state index in [9.17, 15) is 0 Å². The molecule has 0 bridgehead atoms. The van der Waals surface area contributed by atoms with Crippen LogP contribution in [0.3, 0.4) is 0 Å². The van der Waals surface area contributed by atoms with E-state index in [1.54, 1.807) is 20.9 Å². The van der Waals surface area contributed by atoms with Gasteiger partial charge in [-0.25, -0.2) is 4.99 Å². The quantitative estimate of drug-likeness (QED) is 0.373. The molecule has 192 valence electrons. The van der Waals surface area contributed by atoms with Gasteiger partial charge in [0.15, 0.2) is 0 Å². The van der Waals surface area contributed by atoms with Crippen LogP contribution in [-0.4, -0.2) is 16.7 Å². The summed E-state index contributed by atoms with van der Waals surface area (Å²) in [5.74, 6) is 2.70. The molecule has 0 spiro atoms. The molecule has 5 atom stereocenters. The number of hydrogen-bond acceptors (Lipinski definition) is 3. The molecule has 0 N–H and O–H groups in total. The molecule has 2 nitrogen and oxygen atoms in total. The Labute approximate surface area is 230 Å². The molecule has 1 saturated heterocycles. The number of fused-ring (bicyclic) bond motifs is 7. The summed E-state index contributed by atoms with van der Waals surface area (Å²) in [7, 11) is 0. The topological polar surface area (TPSA) is 15.6 Å². The molecule has 2 aliphatic heterocycles. The molecule has 38 heavy (non-hydrogen) atoms. The van der Waals surface area contributed by atoms with Crippen LogP contribution < -0.4 is 0 Å². The lowest BCUT2D eigenvalue weighted by Crippen LogP contribution is -2.35. The molecule has 0 amide bonds. The second-order valence-electron chi connectivity index (χ2n) is 11.9. The standard InChI is InChI=1S/C35H36N2S/c1-3-11-23(12-4-1)25-21-30(24-13-5-2-6-14-24)36-33(22-25)37-31-17-9-7-15-26(31)28-19-20-29-27-16-8-10-18-32(27)38-35(29)34(28)37/h1,3-5,7,11-15,19-20,22,25-26,28,31,34H,2,6,8-10,16-18,21H2. The first-order valence-electron chi connectivity index (χ1n) is 14.8. The van der Waals surface area contributed by atoms with E-state index in [0.29, 0.717) is 29.8 Å². The summed E-state index contributed by atoms with van der Waals surface area (Å²) in [4.78, 5) is 11.6. The molecule has 1 aromatic carbocycles. The summed E-state index contributed by atoms with van der Waals surface area (Å²) in [5, 5.41) is 0. The molecular weight excluding hydrogens is 480 g/mol. The highest BCUT2D eigenvalue weighted by atomic mass is 32.1. The Hall–Kier alpha value is -2.91. The second-order valence-corrected chi connectivity index (χ2v) is 13.0. The Kier molecular flexibility index (Phi) is 5.68. The number of benzene rings is 1. The minimum Gasteiger partial charge on any atom is -0.345 e. The Morgan fingerprint density at radius 2 is 1.82 bits per heavy atom. The lowest BCUT2D eigenvalue weighted by atomic mass is 9.79. The second kappa shape index (κ2) is 9.38. The third-order valence-electron chi connectivity index (χ3n) is 9.73. The van der Waals surface area contributed by atoms with Crippen molar-refractivity contribution < 1.29 is 0 Å². The Morgan fingerprint density at radius 3 is 2.71 bits per heavy atom. The van der Waals surface area contributed by atoms with Crippen molar-refractivity contribution in [3.8, 4) is 0 Å². The van der Waals surface area contributed by atoms with Crippen molar-refractivity contribution in [3.05, 3.63) is 111 Å². The van der Waals surface area contributed by atoms with Crippen LogP contribution in [0.25, 0.3) is 6.08 Å². The van der Waals surface area contributed by atoms with Crippen LogP contribution >= 0.6 is 11.3 Å². The van der Waals surface area contributed by atoms with Crippen molar-refractivity contribution in [2.45, 2.75) is 75.8 Å². The molecule has 1 aromatic heterocycles. The van der Waals surface area contributed by atoms with Crippen LogP contribution in [-0.2, 0) is 12.8 Å². The van der Waals surface area contributed by atoms with Crippen LogP contribution in [0.1, 0.15) is 83.4 Å². The molecule has 3 heterocycles. The van der Waals surface area contributed by atoms with Crippen LogP contribution in [0, 0.1) is 11.8 Å². The average Bonchev–Trinajstić information content (AvgIpc) is 3.54. The summed E-state index contributed by atoms with van der Waals surface area (Å²) >= 11 is 2.14. The zero-order valence-corrected chi connectivity index (χ0v) is 22.9. The molecule has 0 radical (unpaired) electrons. The smallest absolute Gasteiger partial charge is 0.126 e. The van der Waals surface area contributed by atoms with Crippen molar-refractivity contribution in [2.24, 2.45) is 16.8 Å². The van der Waals surface area contributed by atoms with Gasteiger partial charge in [-0.05, 0) is 79.7 Å². The molecule has 8 rings (SSSR count). The SMILES string of the molecule is C1=CC(C2=NC(N3C4CCC=CC4C4C=Cc5c(sc6c5CCCC6)C43)=CC(c3ccccc3)C2)=CCC1. The van der Waals surface area contributed by atoms with Gasteiger partial charge in [-0.2, -0.15) is 0 Å². The minimum atomic E-state index is 0.363. The van der Waals surface area contributed by atoms with E-state index in [1.165, 1.54) is 61.2 Å².